The van der Waals surface area contributed by atoms with Crippen LogP contribution in [0.5, 0.6) is 0 Å². The van der Waals surface area contributed by atoms with E-state index in [2.05, 4.69) is 0 Å². The van der Waals surface area contributed by atoms with Crippen molar-refractivity contribution in [3.63, 3.8) is 0 Å². The average Bonchev–Trinajstić information content (AvgIpc) is 2.70. The Labute approximate surface area is 104 Å². The predicted octanol–water partition coefficient (Wildman–Crippen LogP) is 2.36. The Balaban J connectivity index is 2.62. The Morgan fingerprint density at radius 2 is 1.28 bits per heavy atom. The average molecular weight is 244 g/mol. The summed E-state index contributed by atoms with van der Waals surface area (Å²) in [4.78, 5) is 23.3. The fourth-order valence-corrected chi connectivity index (χ4v) is 1.87. The second kappa shape index (κ2) is 4.87. The monoisotopic (exact) mass is 244 g/mol. The first kappa shape index (κ1) is 12.1. The number of fused-ring (bicyclic) bond motifs is 1. The Kier molecular flexibility index (Phi) is 3.28. The molecule has 0 atom stereocenters. The van der Waals surface area contributed by atoms with Crippen LogP contribution in [0.3, 0.4) is 0 Å². The van der Waals surface area contributed by atoms with Gasteiger partial charge in [0.25, 0.3) is 0 Å². The molecule has 2 aliphatic carbocycles. The maximum Gasteiger partial charge on any atom is 0.338 e. The van der Waals surface area contributed by atoms with Crippen LogP contribution in [0.15, 0.2) is 36.4 Å². The van der Waals surface area contributed by atoms with E-state index in [0.717, 1.165) is 0 Å². The van der Waals surface area contributed by atoms with Crippen molar-refractivity contribution in [1.29, 1.82) is 0 Å². The van der Waals surface area contributed by atoms with Crippen LogP contribution in [-0.4, -0.2) is 26.2 Å². The van der Waals surface area contributed by atoms with Gasteiger partial charge < -0.3 is 9.47 Å². The standard InChI is InChI=1S/C14H12O4/c1-17-13(15)11-6-4-3-5-9-10(11)7-8-12(9)14(16)18-2/h3-8H,1-2H3. The maximum absolute atomic E-state index is 11.7. The fourth-order valence-electron chi connectivity index (χ4n) is 1.87. The molecule has 0 amide bonds. The largest absolute Gasteiger partial charge is 0.465 e. The highest BCUT2D eigenvalue weighted by Crippen LogP contribution is 2.31. The van der Waals surface area contributed by atoms with Gasteiger partial charge >= 0.3 is 11.9 Å². The number of ether oxygens (including phenoxy) is 2. The van der Waals surface area contributed by atoms with Gasteiger partial charge in [-0.2, -0.15) is 0 Å². The third kappa shape index (κ3) is 1.93. The van der Waals surface area contributed by atoms with Gasteiger partial charge in [-0.1, -0.05) is 24.3 Å². The van der Waals surface area contributed by atoms with Gasteiger partial charge in [0.15, 0.2) is 0 Å². The Morgan fingerprint density at radius 3 is 1.89 bits per heavy atom. The lowest BCUT2D eigenvalue weighted by molar-refractivity contribution is 0.0591. The zero-order valence-electron chi connectivity index (χ0n) is 10.1. The zero-order chi connectivity index (χ0) is 13.1. The number of rotatable bonds is 2. The summed E-state index contributed by atoms with van der Waals surface area (Å²) in [5.74, 6) is -0.856. The number of methoxy groups -OCH3 is 2. The van der Waals surface area contributed by atoms with E-state index in [0.29, 0.717) is 22.3 Å². The van der Waals surface area contributed by atoms with Crippen molar-refractivity contribution < 1.29 is 19.1 Å². The zero-order valence-corrected chi connectivity index (χ0v) is 10.1. The molecule has 4 nitrogen and oxygen atoms in total. The van der Waals surface area contributed by atoms with Crippen LogP contribution < -0.4 is 0 Å². The lowest BCUT2D eigenvalue weighted by atomic mass is 10.1. The summed E-state index contributed by atoms with van der Waals surface area (Å²) in [7, 11) is 2.65. The molecular formula is C14H12O4. The molecule has 92 valence electrons. The molecule has 0 saturated carbocycles. The van der Waals surface area contributed by atoms with Gasteiger partial charge in [0, 0.05) is 0 Å². The molecule has 0 N–H and O–H groups in total. The van der Waals surface area contributed by atoms with Gasteiger partial charge in [-0.25, -0.2) is 9.59 Å². The summed E-state index contributed by atoms with van der Waals surface area (Å²) >= 11 is 0. The van der Waals surface area contributed by atoms with E-state index in [1.165, 1.54) is 14.2 Å². The fraction of sp³-hybridized carbons (Fsp3) is 0.143. The molecule has 0 radical (unpaired) electrons. The molecular weight excluding hydrogens is 232 g/mol. The summed E-state index contributed by atoms with van der Waals surface area (Å²) in [5.41, 5.74) is 2.21. The molecule has 0 spiro atoms. The third-order valence-electron chi connectivity index (χ3n) is 2.73. The topological polar surface area (TPSA) is 52.6 Å². The predicted molar refractivity (Wildman–Crippen MR) is 65.7 cm³/mol. The van der Waals surface area contributed by atoms with Crippen LogP contribution in [0.2, 0.25) is 0 Å². The van der Waals surface area contributed by atoms with Crippen LogP contribution in [-0.2, 0) is 9.47 Å². The molecule has 18 heavy (non-hydrogen) atoms. The van der Waals surface area contributed by atoms with E-state index >= 15 is 0 Å². The molecule has 0 fully saturated rings. The molecule has 2 aliphatic rings. The van der Waals surface area contributed by atoms with Crippen molar-refractivity contribution in [3.8, 4) is 11.1 Å². The van der Waals surface area contributed by atoms with Crippen LogP contribution in [0.25, 0.3) is 11.1 Å². The van der Waals surface area contributed by atoms with Crippen molar-refractivity contribution in [3.05, 3.63) is 47.5 Å². The summed E-state index contributed by atoms with van der Waals surface area (Å²) in [5, 5.41) is 0. The van der Waals surface area contributed by atoms with Gasteiger partial charge in [-0.05, 0) is 23.3 Å². The van der Waals surface area contributed by atoms with Crippen molar-refractivity contribution >= 4 is 11.9 Å². The van der Waals surface area contributed by atoms with E-state index in [1.54, 1.807) is 36.4 Å². The number of hydrogen-bond acceptors (Lipinski definition) is 4. The van der Waals surface area contributed by atoms with E-state index < -0.39 is 11.9 Å². The highest BCUT2D eigenvalue weighted by Gasteiger charge is 2.20. The lowest BCUT2D eigenvalue weighted by Crippen LogP contribution is -2.03. The quantitative estimate of drug-likeness (QED) is 0.761. The minimum absolute atomic E-state index is 0.424. The molecule has 2 rings (SSSR count). The molecule has 0 aromatic heterocycles. The first-order valence-corrected chi connectivity index (χ1v) is 5.37. The van der Waals surface area contributed by atoms with Crippen LogP contribution in [0.1, 0.15) is 20.7 Å². The highest BCUT2D eigenvalue weighted by atomic mass is 16.5. The summed E-state index contributed by atoms with van der Waals surface area (Å²) in [6.07, 6.45) is 0. The Morgan fingerprint density at radius 1 is 0.778 bits per heavy atom. The van der Waals surface area contributed by atoms with Gasteiger partial charge in [-0.3, -0.25) is 0 Å². The van der Waals surface area contributed by atoms with Gasteiger partial charge in [-0.15, -0.1) is 0 Å². The van der Waals surface area contributed by atoms with E-state index in [4.69, 9.17) is 9.47 Å². The molecule has 0 bridgehead atoms. The normalized spacial score (nSPS) is 10.1. The SMILES string of the molecule is COC(=O)c1ccc2c(C(=O)OC)ccccc1-2. The molecule has 0 aromatic rings. The van der Waals surface area contributed by atoms with Crippen molar-refractivity contribution in [2.75, 3.05) is 14.2 Å². The lowest BCUT2D eigenvalue weighted by Gasteiger charge is -2.03. The summed E-state index contributed by atoms with van der Waals surface area (Å²) in [6, 6.07) is 10.3. The van der Waals surface area contributed by atoms with E-state index in [9.17, 15) is 9.59 Å². The molecule has 0 saturated heterocycles. The Hall–Kier alpha value is -2.36. The highest BCUT2D eigenvalue weighted by molar-refractivity contribution is 6.04. The van der Waals surface area contributed by atoms with Crippen LogP contribution in [0, 0.1) is 0 Å². The number of carbonyl (C=O) groups excluding carboxylic acids is 2. The van der Waals surface area contributed by atoms with E-state index in [1.807, 2.05) is 0 Å². The first-order chi connectivity index (χ1) is 8.69. The van der Waals surface area contributed by atoms with Crippen LogP contribution >= 0.6 is 0 Å². The Bertz CT molecular complexity index is 574. The first-order valence-electron chi connectivity index (χ1n) is 5.37. The summed E-state index contributed by atoms with van der Waals surface area (Å²) in [6.45, 7) is 0. The van der Waals surface area contributed by atoms with Crippen molar-refractivity contribution in [2.24, 2.45) is 0 Å². The third-order valence-corrected chi connectivity index (χ3v) is 2.73. The second-order valence-corrected chi connectivity index (χ2v) is 3.69. The van der Waals surface area contributed by atoms with Crippen molar-refractivity contribution in [1.82, 2.24) is 0 Å². The molecule has 0 aliphatic heterocycles. The van der Waals surface area contributed by atoms with Crippen LogP contribution in [0.4, 0.5) is 0 Å². The van der Waals surface area contributed by atoms with Gasteiger partial charge in [0.2, 0.25) is 0 Å². The minimum Gasteiger partial charge on any atom is -0.465 e. The molecule has 0 unspecified atom stereocenters. The van der Waals surface area contributed by atoms with Crippen molar-refractivity contribution in [2.45, 2.75) is 0 Å². The van der Waals surface area contributed by atoms with Gasteiger partial charge in [0.05, 0.1) is 25.3 Å². The smallest absolute Gasteiger partial charge is 0.338 e. The minimum atomic E-state index is -0.432. The molecule has 4 heteroatoms. The summed E-state index contributed by atoms with van der Waals surface area (Å²) < 4.78 is 9.43. The molecule has 0 heterocycles. The number of hydrogen-bond donors (Lipinski definition) is 0. The van der Waals surface area contributed by atoms with Gasteiger partial charge in [0.1, 0.15) is 0 Å². The molecule has 0 aromatic carbocycles. The maximum atomic E-state index is 11.7. The van der Waals surface area contributed by atoms with E-state index in [-0.39, 0.29) is 0 Å². The number of esters is 2. The second-order valence-electron chi connectivity index (χ2n) is 3.69. The number of carbonyl (C=O) groups is 2.